The summed E-state index contributed by atoms with van der Waals surface area (Å²) in [6.45, 7) is 1.42. The van der Waals surface area contributed by atoms with E-state index in [0.717, 1.165) is 42.7 Å². The maximum absolute atomic E-state index is 12.8. The van der Waals surface area contributed by atoms with Crippen LogP contribution in [0, 0.1) is 5.82 Å². The lowest BCUT2D eigenvalue weighted by Crippen LogP contribution is -2.26. The minimum absolute atomic E-state index is 0.0791. The van der Waals surface area contributed by atoms with Crippen LogP contribution in [0.15, 0.2) is 48.5 Å². The fourth-order valence-corrected chi connectivity index (χ4v) is 2.68. The largest absolute Gasteiger partial charge is 0.385 e. The summed E-state index contributed by atoms with van der Waals surface area (Å²) in [5.41, 5.74) is 2.83. The van der Waals surface area contributed by atoms with Crippen molar-refractivity contribution in [2.75, 3.05) is 23.8 Å². The first-order valence-corrected chi connectivity index (χ1v) is 8.21. The Kier molecular flexibility index (Phi) is 5.43. The SMILES string of the molecule is O=C(Nc1ccc(NCCc2ccc(F)cc2)cc1)C1CCCO1. The van der Waals surface area contributed by atoms with Gasteiger partial charge in [0, 0.05) is 24.5 Å². The minimum atomic E-state index is -0.321. The molecule has 5 heteroatoms. The van der Waals surface area contributed by atoms with Gasteiger partial charge in [0.1, 0.15) is 11.9 Å². The molecule has 1 aliphatic rings. The maximum Gasteiger partial charge on any atom is 0.253 e. The van der Waals surface area contributed by atoms with Crippen molar-refractivity contribution < 1.29 is 13.9 Å². The van der Waals surface area contributed by atoms with Crippen molar-refractivity contribution in [2.24, 2.45) is 0 Å². The number of amides is 1. The number of carbonyl (C=O) groups is 1. The predicted molar refractivity (Wildman–Crippen MR) is 92.6 cm³/mol. The number of hydrogen-bond donors (Lipinski definition) is 2. The average molecular weight is 328 g/mol. The number of anilines is 2. The highest BCUT2D eigenvalue weighted by Crippen LogP contribution is 2.17. The molecule has 1 fully saturated rings. The maximum atomic E-state index is 12.8. The highest BCUT2D eigenvalue weighted by Gasteiger charge is 2.23. The summed E-state index contributed by atoms with van der Waals surface area (Å²) in [5, 5.41) is 6.18. The van der Waals surface area contributed by atoms with Crippen LogP contribution in [0.25, 0.3) is 0 Å². The fraction of sp³-hybridized carbons (Fsp3) is 0.316. The second-order valence-corrected chi connectivity index (χ2v) is 5.87. The van der Waals surface area contributed by atoms with Crippen LogP contribution in [0.4, 0.5) is 15.8 Å². The summed E-state index contributed by atoms with van der Waals surface area (Å²) >= 11 is 0. The van der Waals surface area contributed by atoms with E-state index in [9.17, 15) is 9.18 Å². The van der Waals surface area contributed by atoms with Crippen LogP contribution in [0.2, 0.25) is 0 Å². The zero-order chi connectivity index (χ0) is 16.8. The van der Waals surface area contributed by atoms with E-state index in [0.29, 0.717) is 6.61 Å². The molecule has 3 rings (SSSR count). The van der Waals surface area contributed by atoms with E-state index in [-0.39, 0.29) is 17.8 Å². The number of nitrogens with one attached hydrogen (secondary N) is 2. The third-order valence-corrected chi connectivity index (χ3v) is 4.03. The fourth-order valence-electron chi connectivity index (χ4n) is 2.68. The van der Waals surface area contributed by atoms with Gasteiger partial charge < -0.3 is 15.4 Å². The first-order chi connectivity index (χ1) is 11.7. The number of benzene rings is 2. The van der Waals surface area contributed by atoms with Crippen LogP contribution in [-0.2, 0) is 16.0 Å². The molecule has 1 aliphatic heterocycles. The van der Waals surface area contributed by atoms with Gasteiger partial charge >= 0.3 is 0 Å². The summed E-state index contributed by atoms with van der Waals surface area (Å²) in [7, 11) is 0. The van der Waals surface area contributed by atoms with Gasteiger partial charge in [0.25, 0.3) is 5.91 Å². The Bertz CT molecular complexity index is 665. The number of carbonyl (C=O) groups excluding carboxylic acids is 1. The van der Waals surface area contributed by atoms with Gasteiger partial charge in [0.15, 0.2) is 0 Å². The smallest absolute Gasteiger partial charge is 0.253 e. The number of hydrogen-bond acceptors (Lipinski definition) is 3. The topological polar surface area (TPSA) is 50.4 Å². The Morgan fingerprint density at radius 3 is 2.46 bits per heavy atom. The second kappa shape index (κ2) is 7.93. The van der Waals surface area contributed by atoms with Crippen molar-refractivity contribution in [3.8, 4) is 0 Å². The third kappa shape index (κ3) is 4.55. The molecular formula is C19H21FN2O2. The summed E-state index contributed by atoms with van der Waals surface area (Å²) in [5.74, 6) is -0.295. The quantitative estimate of drug-likeness (QED) is 0.852. The van der Waals surface area contributed by atoms with Gasteiger partial charge in [0.05, 0.1) is 0 Å². The van der Waals surface area contributed by atoms with E-state index >= 15 is 0 Å². The summed E-state index contributed by atoms with van der Waals surface area (Å²) < 4.78 is 18.2. The Morgan fingerprint density at radius 1 is 1.08 bits per heavy atom. The molecule has 2 aromatic carbocycles. The highest BCUT2D eigenvalue weighted by atomic mass is 19.1. The summed E-state index contributed by atoms with van der Waals surface area (Å²) in [4.78, 5) is 12.0. The van der Waals surface area contributed by atoms with Gasteiger partial charge in [-0.2, -0.15) is 0 Å². The number of halogens is 1. The van der Waals surface area contributed by atoms with Crippen LogP contribution >= 0.6 is 0 Å². The molecule has 1 atom stereocenters. The molecule has 0 aromatic heterocycles. The Hall–Kier alpha value is -2.40. The van der Waals surface area contributed by atoms with Crippen molar-refractivity contribution in [2.45, 2.75) is 25.4 Å². The molecule has 0 spiro atoms. The minimum Gasteiger partial charge on any atom is -0.385 e. The van der Waals surface area contributed by atoms with Crippen molar-refractivity contribution in [1.29, 1.82) is 0 Å². The Morgan fingerprint density at radius 2 is 1.79 bits per heavy atom. The molecule has 24 heavy (non-hydrogen) atoms. The summed E-state index contributed by atoms with van der Waals surface area (Å²) in [6.07, 6.45) is 2.22. The van der Waals surface area contributed by atoms with Crippen molar-refractivity contribution in [3.63, 3.8) is 0 Å². The van der Waals surface area contributed by atoms with E-state index < -0.39 is 0 Å². The Labute approximate surface area is 141 Å². The molecule has 126 valence electrons. The van der Waals surface area contributed by atoms with Crippen LogP contribution in [0.5, 0.6) is 0 Å². The molecule has 2 N–H and O–H groups in total. The van der Waals surface area contributed by atoms with Gasteiger partial charge in [-0.05, 0) is 61.2 Å². The molecule has 1 heterocycles. The zero-order valence-corrected chi connectivity index (χ0v) is 13.4. The second-order valence-electron chi connectivity index (χ2n) is 5.87. The van der Waals surface area contributed by atoms with E-state index in [1.807, 2.05) is 24.3 Å². The molecular weight excluding hydrogens is 307 g/mol. The van der Waals surface area contributed by atoms with Crippen molar-refractivity contribution in [3.05, 3.63) is 59.9 Å². The molecule has 4 nitrogen and oxygen atoms in total. The van der Waals surface area contributed by atoms with Crippen LogP contribution < -0.4 is 10.6 Å². The molecule has 1 saturated heterocycles. The number of ether oxygens (including phenoxy) is 1. The van der Waals surface area contributed by atoms with Gasteiger partial charge in [-0.15, -0.1) is 0 Å². The van der Waals surface area contributed by atoms with Crippen molar-refractivity contribution >= 4 is 17.3 Å². The third-order valence-electron chi connectivity index (χ3n) is 4.03. The lowest BCUT2D eigenvalue weighted by molar-refractivity contribution is -0.124. The molecule has 0 aliphatic carbocycles. The van der Waals surface area contributed by atoms with Crippen LogP contribution in [-0.4, -0.2) is 25.2 Å². The molecule has 1 amide bonds. The van der Waals surface area contributed by atoms with Crippen LogP contribution in [0.1, 0.15) is 18.4 Å². The van der Waals surface area contributed by atoms with Crippen LogP contribution in [0.3, 0.4) is 0 Å². The first-order valence-electron chi connectivity index (χ1n) is 8.21. The highest BCUT2D eigenvalue weighted by molar-refractivity contribution is 5.94. The molecule has 0 radical (unpaired) electrons. The van der Waals surface area contributed by atoms with E-state index in [1.54, 1.807) is 12.1 Å². The van der Waals surface area contributed by atoms with Gasteiger partial charge in [-0.3, -0.25) is 4.79 Å². The van der Waals surface area contributed by atoms with E-state index in [4.69, 9.17) is 4.74 Å². The molecule has 0 bridgehead atoms. The molecule has 2 aromatic rings. The monoisotopic (exact) mass is 328 g/mol. The predicted octanol–water partition coefficient (Wildman–Crippen LogP) is 3.60. The van der Waals surface area contributed by atoms with Crippen molar-refractivity contribution in [1.82, 2.24) is 0 Å². The lowest BCUT2D eigenvalue weighted by atomic mass is 10.1. The van der Waals surface area contributed by atoms with E-state index in [2.05, 4.69) is 10.6 Å². The Balaban J connectivity index is 1.45. The standard InChI is InChI=1S/C19H21FN2O2/c20-15-5-3-14(4-6-15)11-12-21-16-7-9-17(10-8-16)22-19(23)18-2-1-13-24-18/h3-10,18,21H,1-2,11-13H2,(H,22,23). The number of rotatable bonds is 6. The first kappa shape index (κ1) is 16.5. The summed E-state index contributed by atoms with van der Waals surface area (Å²) in [6, 6.07) is 14.1. The normalized spacial score (nSPS) is 16.8. The molecule has 1 unspecified atom stereocenters. The lowest BCUT2D eigenvalue weighted by Gasteiger charge is -2.11. The van der Waals surface area contributed by atoms with Gasteiger partial charge in [-0.1, -0.05) is 12.1 Å². The average Bonchev–Trinajstić information content (AvgIpc) is 3.13. The molecule has 0 saturated carbocycles. The van der Waals surface area contributed by atoms with E-state index in [1.165, 1.54) is 12.1 Å². The van der Waals surface area contributed by atoms with Gasteiger partial charge in [-0.25, -0.2) is 4.39 Å². The van der Waals surface area contributed by atoms with Gasteiger partial charge in [0.2, 0.25) is 0 Å². The zero-order valence-electron chi connectivity index (χ0n) is 13.4.